The van der Waals surface area contributed by atoms with Gasteiger partial charge in [-0.1, -0.05) is 18.2 Å². The predicted molar refractivity (Wildman–Crippen MR) is 88.0 cm³/mol. The van der Waals surface area contributed by atoms with Crippen molar-refractivity contribution in [3.05, 3.63) is 54.5 Å². The molecular formula is C17H17N3S. The van der Waals surface area contributed by atoms with Gasteiger partial charge in [0.1, 0.15) is 11.3 Å². The fourth-order valence-electron chi connectivity index (χ4n) is 2.95. The Morgan fingerprint density at radius 1 is 1.14 bits per heavy atom. The molecule has 1 atom stereocenters. The smallest absolute Gasteiger partial charge is 0.164 e. The van der Waals surface area contributed by atoms with Gasteiger partial charge in [-0.2, -0.15) is 11.8 Å². The first kappa shape index (κ1) is 12.9. The number of benzene rings is 1. The standard InChI is InChI=1S/C17H17N3S/c1-2-5-14(6-3-1)20-16(11-13-8-10-21-12-13)19-15-7-4-9-18-17(15)20/h1-7,9,13H,8,10-12H2. The first-order valence-corrected chi connectivity index (χ1v) is 8.53. The van der Waals surface area contributed by atoms with E-state index in [4.69, 9.17) is 4.98 Å². The van der Waals surface area contributed by atoms with Gasteiger partial charge in [0.05, 0.1) is 0 Å². The lowest BCUT2D eigenvalue weighted by atomic mass is 10.0. The van der Waals surface area contributed by atoms with Crippen molar-refractivity contribution in [1.82, 2.24) is 14.5 Å². The Morgan fingerprint density at radius 2 is 2.05 bits per heavy atom. The maximum Gasteiger partial charge on any atom is 0.164 e. The van der Waals surface area contributed by atoms with Crippen molar-refractivity contribution >= 4 is 22.9 Å². The Labute approximate surface area is 128 Å². The van der Waals surface area contributed by atoms with Gasteiger partial charge in [0.25, 0.3) is 0 Å². The van der Waals surface area contributed by atoms with Gasteiger partial charge < -0.3 is 0 Å². The van der Waals surface area contributed by atoms with E-state index in [1.54, 1.807) is 0 Å². The average Bonchev–Trinajstić information content (AvgIpc) is 3.15. The van der Waals surface area contributed by atoms with Crippen LogP contribution in [0.25, 0.3) is 16.9 Å². The molecule has 4 heteroatoms. The molecule has 3 heterocycles. The summed E-state index contributed by atoms with van der Waals surface area (Å²) in [5, 5.41) is 0. The molecule has 0 spiro atoms. The van der Waals surface area contributed by atoms with Crippen LogP contribution in [0.3, 0.4) is 0 Å². The first-order chi connectivity index (χ1) is 10.4. The van der Waals surface area contributed by atoms with Crippen molar-refractivity contribution < 1.29 is 0 Å². The van der Waals surface area contributed by atoms with Crippen LogP contribution in [0.2, 0.25) is 0 Å². The van der Waals surface area contributed by atoms with Crippen LogP contribution in [-0.4, -0.2) is 26.0 Å². The zero-order valence-corrected chi connectivity index (χ0v) is 12.6. The van der Waals surface area contributed by atoms with Crippen LogP contribution >= 0.6 is 11.8 Å². The number of pyridine rings is 1. The molecule has 0 radical (unpaired) electrons. The molecular weight excluding hydrogens is 278 g/mol. The molecule has 4 rings (SSSR count). The molecule has 1 saturated heterocycles. The molecule has 21 heavy (non-hydrogen) atoms. The normalized spacial score (nSPS) is 18.4. The molecule has 0 aliphatic carbocycles. The maximum absolute atomic E-state index is 4.84. The van der Waals surface area contributed by atoms with E-state index in [1.165, 1.54) is 17.9 Å². The summed E-state index contributed by atoms with van der Waals surface area (Å²) in [4.78, 5) is 9.39. The molecule has 1 fully saturated rings. The van der Waals surface area contributed by atoms with Crippen molar-refractivity contribution in [3.8, 4) is 5.69 Å². The quantitative estimate of drug-likeness (QED) is 0.738. The SMILES string of the molecule is c1ccc(-n2c(CC3CCSC3)nc3cccnc32)cc1. The average molecular weight is 295 g/mol. The topological polar surface area (TPSA) is 30.7 Å². The second kappa shape index (κ2) is 5.53. The van der Waals surface area contributed by atoms with Gasteiger partial charge in [-0.3, -0.25) is 4.57 Å². The van der Waals surface area contributed by atoms with Gasteiger partial charge in [-0.25, -0.2) is 9.97 Å². The largest absolute Gasteiger partial charge is 0.281 e. The minimum Gasteiger partial charge on any atom is -0.281 e. The number of rotatable bonds is 3. The van der Waals surface area contributed by atoms with Gasteiger partial charge in [0, 0.05) is 18.3 Å². The van der Waals surface area contributed by atoms with Crippen molar-refractivity contribution in [3.63, 3.8) is 0 Å². The van der Waals surface area contributed by atoms with E-state index in [0.717, 1.165) is 35.0 Å². The predicted octanol–water partition coefficient (Wildman–Crippen LogP) is 3.72. The molecule has 3 nitrogen and oxygen atoms in total. The number of aromatic nitrogens is 3. The van der Waals surface area contributed by atoms with E-state index in [1.807, 2.05) is 18.3 Å². The fraction of sp³-hybridized carbons (Fsp3) is 0.294. The molecule has 0 bridgehead atoms. The number of hydrogen-bond acceptors (Lipinski definition) is 3. The summed E-state index contributed by atoms with van der Waals surface area (Å²) < 4.78 is 2.22. The Hall–Kier alpha value is -1.81. The molecule has 1 aromatic carbocycles. The molecule has 1 unspecified atom stereocenters. The second-order valence-electron chi connectivity index (χ2n) is 5.48. The van der Waals surface area contributed by atoms with Crippen LogP contribution in [0, 0.1) is 5.92 Å². The van der Waals surface area contributed by atoms with E-state index in [9.17, 15) is 0 Å². The summed E-state index contributed by atoms with van der Waals surface area (Å²) in [5.74, 6) is 4.43. The molecule has 1 aliphatic heterocycles. The zero-order valence-electron chi connectivity index (χ0n) is 11.8. The van der Waals surface area contributed by atoms with E-state index >= 15 is 0 Å². The first-order valence-electron chi connectivity index (χ1n) is 7.37. The van der Waals surface area contributed by atoms with Gasteiger partial charge in [-0.15, -0.1) is 0 Å². The second-order valence-corrected chi connectivity index (χ2v) is 6.63. The zero-order chi connectivity index (χ0) is 14.1. The highest BCUT2D eigenvalue weighted by Gasteiger charge is 2.21. The molecule has 2 aromatic heterocycles. The highest BCUT2D eigenvalue weighted by atomic mass is 32.2. The molecule has 106 valence electrons. The summed E-state index contributed by atoms with van der Waals surface area (Å²) in [6, 6.07) is 14.4. The summed E-state index contributed by atoms with van der Waals surface area (Å²) in [6.45, 7) is 0. The van der Waals surface area contributed by atoms with Crippen LogP contribution in [0.15, 0.2) is 48.7 Å². The van der Waals surface area contributed by atoms with Crippen LogP contribution in [-0.2, 0) is 6.42 Å². The van der Waals surface area contributed by atoms with Gasteiger partial charge in [0.2, 0.25) is 0 Å². The summed E-state index contributed by atoms with van der Waals surface area (Å²) in [6.07, 6.45) is 4.19. The van der Waals surface area contributed by atoms with Crippen LogP contribution in [0.5, 0.6) is 0 Å². The monoisotopic (exact) mass is 295 g/mol. The number of thioether (sulfide) groups is 1. The minimum absolute atomic E-state index is 0.745. The summed E-state index contributed by atoms with van der Waals surface area (Å²) >= 11 is 2.06. The van der Waals surface area contributed by atoms with Crippen LogP contribution in [0.1, 0.15) is 12.2 Å². The van der Waals surface area contributed by atoms with Gasteiger partial charge in [-0.05, 0) is 48.1 Å². The third-order valence-corrected chi connectivity index (χ3v) is 5.23. The molecule has 0 saturated carbocycles. The third kappa shape index (κ3) is 2.44. The van der Waals surface area contributed by atoms with Gasteiger partial charge >= 0.3 is 0 Å². The van der Waals surface area contributed by atoms with Crippen molar-refractivity contribution in [1.29, 1.82) is 0 Å². The molecule has 1 aliphatic rings. The van der Waals surface area contributed by atoms with Crippen molar-refractivity contribution in [2.75, 3.05) is 11.5 Å². The maximum atomic E-state index is 4.84. The Balaban J connectivity index is 1.84. The molecule has 0 N–H and O–H groups in total. The number of nitrogens with zero attached hydrogens (tertiary/aromatic N) is 3. The number of hydrogen-bond donors (Lipinski definition) is 0. The van der Waals surface area contributed by atoms with E-state index in [-0.39, 0.29) is 0 Å². The van der Waals surface area contributed by atoms with Crippen LogP contribution < -0.4 is 0 Å². The lowest BCUT2D eigenvalue weighted by Gasteiger charge is -2.11. The summed E-state index contributed by atoms with van der Waals surface area (Å²) in [5.41, 5.74) is 3.10. The van der Waals surface area contributed by atoms with E-state index in [2.05, 4.69) is 51.6 Å². The number of imidazole rings is 1. The Kier molecular flexibility index (Phi) is 3.39. The number of para-hydroxylation sites is 1. The minimum atomic E-state index is 0.745. The van der Waals surface area contributed by atoms with Crippen molar-refractivity contribution in [2.45, 2.75) is 12.8 Å². The molecule has 3 aromatic rings. The Morgan fingerprint density at radius 3 is 2.86 bits per heavy atom. The van der Waals surface area contributed by atoms with E-state index < -0.39 is 0 Å². The summed E-state index contributed by atoms with van der Waals surface area (Å²) in [7, 11) is 0. The molecule has 0 amide bonds. The highest BCUT2D eigenvalue weighted by molar-refractivity contribution is 7.99. The van der Waals surface area contributed by atoms with E-state index in [0.29, 0.717) is 0 Å². The third-order valence-electron chi connectivity index (χ3n) is 4.00. The fourth-order valence-corrected chi connectivity index (χ4v) is 4.23. The lowest BCUT2D eigenvalue weighted by molar-refractivity contribution is 0.572. The lowest BCUT2D eigenvalue weighted by Crippen LogP contribution is -2.09. The Bertz CT molecular complexity index is 745. The highest BCUT2D eigenvalue weighted by Crippen LogP contribution is 2.28. The van der Waals surface area contributed by atoms with Gasteiger partial charge in [0.15, 0.2) is 5.65 Å². The number of fused-ring (bicyclic) bond motifs is 1. The van der Waals surface area contributed by atoms with Crippen molar-refractivity contribution in [2.24, 2.45) is 5.92 Å². The van der Waals surface area contributed by atoms with Crippen LogP contribution in [0.4, 0.5) is 0 Å².